The van der Waals surface area contributed by atoms with Crippen LogP contribution in [0.5, 0.6) is 5.75 Å². The fourth-order valence-electron chi connectivity index (χ4n) is 2.57. The summed E-state index contributed by atoms with van der Waals surface area (Å²) >= 11 is 0. The number of nitriles is 1. The molecule has 0 fully saturated rings. The second kappa shape index (κ2) is 10.2. The van der Waals surface area contributed by atoms with Crippen molar-refractivity contribution in [1.82, 2.24) is 4.90 Å². The van der Waals surface area contributed by atoms with Crippen molar-refractivity contribution in [2.75, 3.05) is 31.6 Å². The lowest BCUT2D eigenvalue weighted by atomic mass is 10.2. The molecule has 1 atom stereocenters. The monoisotopic (exact) mass is 351 g/mol. The Bertz CT molecular complexity index is 713. The van der Waals surface area contributed by atoms with E-state index >= 15 is 0 Å². The van der Waals surface area contributed by atoms with E-state index in [0.29, 0.717) is 26.1 Å². The fraction of sp³-hybridized carbons (Fsp3) is 0.333. The summed E-state index contributed by atoms with van der Waals surface area (Å²) in [4.78, 5) is 16.6. The molecule has 0 aliphatic rings. The standard InChI is InChI=1S/C21H25N3O2/c1-18(23(2)16-17-26-20-12-7-4-8-13-20)21(25)24(15-9-14-22)19-10-5-3-6-11-19/h3-8,10-13,18H,9,15-17H2,1-2H3. The largest absolute Gasteiger partial charge is 0.492 e. The number of nitrogens with zero attached hydrogens (tertiary/aromatic N) is 3. The van der Waals surface area contributed by atoms with Gasteiger partial charge in [0.15, 0.2) is 0 Å². The molecule has 26 heavy (non-hydrogen) atoms. The van der Waals surface area contributed by atoms with Crippen LogP contribution in [0, 0.1) is 11.3 Å². The molecule has 0 saturated heterocycles. The summed E-state index contributed by atoms with van der Waals surface area (Å²) in [6, 6.07) is 20.9. The summed E-state index contributed by atoms with van der Waals surface area (Å²) < 4.78 is 5.71. The molecule has 5 heteroatoms. The quantitative estimate of drug-likeness (QED) is 0.695. The lowest BCUT2D eigenvalue weighted by Crippen LogP contribution is -2.47. The lowest BCUT2D eigenvalue weighted by Gasteiger charge is -2.30. The first kappa shape index (κ1) is 19.5. The van der Waals surface area contributed by atoms with Crippen molar-refractivity contribution in [3.05, 3.63) is 60.7 Å². The van der Waals surface area contributed by atoms with Crippen LogP contribution in [0.1, 0.15) is 13.3 Å². The summed E-state index contributed by atoms with van der Waals surface area (Å²) in [5, 5.41) is 8.90. The van der Waals surface area contributed by atoms with E-state index in [1.165, 1.54) is 0 Å². The third-order valence-electron chi connectivity index (χ3n) is 4.26. The van der Waals surface area contributed by atoms with Gasteiger partial charge in [-0.15, -0.1) is 0 Å². The molecular weight excluding hydrogens is 326 g/mol. The molecule has 1 unspecified atom stereocenters. The van der Waals surface area contributed by atoms with Gasteiger partial charge in [0.05, 0.1) is 18.5 Å². The normalized spacial score (nSPS) is 11.6. The molecule has 5 nitrogen and oxygen atoms in total. The van der Waals surface area contributed by atoms with E-state index in [1.807, 2.05) is 79.5 Å². The van der Waals surface area contributed by atoms with Crippen LogP contribution in [-0.2, 0) is 4.79 Å². The molecule has 0 bridgehead atoms. The van der Waals surface area contributed by atoms with Gasteiger partial charge in [0, 0.05) is 18.8 Å². The van der Waals surface area contributed by atoms with Crippen LogP contribution in [0.2, 0.25) is 0 Å². The molecule has 2 aromatic carbocycles. The van der Waals surface area contributed by atoms with Crippen LogP contribution in [0.4, 0.5) is 5.69 Å². The Kier molecular flexibility index (Phi) is 7.66. The zero-order chi connectivity index (χ0) is 18.8. The van der Waals surface area contributed by atoms with E-state index in [9.17, 15) is 4.79 Å². The van der Waals surface area contributed by atoms with Crippen molar-refractivity contribution >= 4 is 11.6 Å². The maximum Gasteiger partial charge on any atom is 0.244 e. The number of amides is 1. The average molecular weight is 351 g/mol. The minimum absolute atomic E-state index is 0.0198. The van der Waals surface area contributed by atoms with Gasteiger partial charge in [0.25, 0.3) is 0 Å². The van der Waals surface area contributed by atoms with Gasteiger partial charge >= 0.3 is 0 Å². The SMILES string of the molecule is CC(C(=O)N(CCC#N)c1ccccc1)N(C)CCOc1ccccc1. The fourth-order valence-corrected chi connectivity index (χ4v) is 2.57. The van der Waals surface area contributed by atoms with Crippen molar-refractivity contribution in [2.45, 2.75) is 19.4 Å². The van der Waals surface area contributed by atoms with Gasteiger partial charge in [-0.2, -0.15) is 5.26 Å². The van der Waals surface area contributed by atoms with E-state index in [1.54, 1.807) is 4.90 Å². The number of para-hydroxylation sites is 2. The van der Waals surface area contributed by atoms with E-state index in [-0.39, 0.29) is 11.9 Å². The number of carbonyl (C=O) groups excluding carboxylic acids is 1. The minimum Gasteiger partial charge on any atom is -0.492 e. The molecule has 0 N–H and O–H groups in total. The van der Waals surface area contributed by atoms with Crippen LogP contribution in [0.25, 0.3) is 0 Å². The molecule has 0 aromatic heterocycles. The van der Waals surface area contributed by atoms with Crippen molar-refractivity contribution in [3.63, 3.8) is 0 Å². The Morgan fingerprint density at radius 3 is 2.31 bits per heavy atom. The van der Waals surface area contributed by atoms with E-state index in [0.717, 1.165) is 11.4 Å². The van der Waals surface area contributed by atoms with Gasteiger partial charge in [0.2, 0.25) is 5.91 Å². The smallest absolute Gasteiger partial charge is 0.244 e. The number of rotatable bonds is 9. The minimum atomic E-state index is -0.312. The van der Waals surface area contributed by atoms with Gasteiger partial charge in [-0.25, -0.2) is 0 Å². The van der Waals surface area contributed by atoms with E-state index in [4.69, 9.17) is 10.00 Å². The molecule has 0 radical (unpaired) electrons. The molecule has 0 heterocycles. The van der Waals surface area contributed by atoms with Crippen LogP contribution < -0.4 is 9.64 Å². The van der Waals surface area contributed by atoms with E-state index < -0.39 is 0 Å². The molecule has 2 rings (SSSR count). The Balaban J connectivity index is 1.94. The summed E-state index contributed by atoms with van der Waals surface area (Å²) in [6.07, 6.45) is 0.300. The highest BCUT2D eigenvalue weighted by molar-refractivity contribution is 5.96. The average Bonchev–Trinajstić information content (AvgIpc) is 2.69. The molecule has 0 aliphatic carbocycles. The predicted molar refractivity (Wildman–Crippen MR) is 103 cm³/mol. The molecule has 0 aliphatic heterocycles. The predicted octanol–water partition coefficient (Wildman–Crippen LogP) is 3.33. The summed E-state index contributed by atoms with van der Waals surface area (Å²) in [5.74, 6) is 0.800. The number of likely N-dealkylation sites (N-methyl/N-ethyl adjacent to an activating group) is 1. The Morgan fingerprint density at radius 2 is 1.69 bits per heavy atom. The Hall–Kier alpha value is -2.84. The summed E-state index contributed by atoms with van der Waals surface area (Å²) in [7, 11) is 1.91. The molecule has 0 spiro atoms. The second-order valence-corrected chi connectivity index (χ2v) is 6.05. The maximum absolute atomic E-state index is 13.0. The topological polar surface area (TPSA) is 56.6 Å². The highest BCUT2D eigenvalue weighted by Gasteiger charge is 2.24. The number of benzene rings is 2. The number of anilines is 1. The van der Waals surface area contributed by atoms with Crippen molar-refractivity contribution < 1.29 is 9.53 Å². The highest BCUT2D eigenvalue weighted by Crippen LogP contribution is 2.16. The third kappa shape index (κ3) is 5.61. The molecule has 136 valence electrons. The summed E-state index contributed by atoms with van der Waals surface area (Å²) in [6.45, 7) is 3.40. The Labute approximate surface area is 155 Å². The molecular formula is C21H25N3O2. The van der Waals surface area contributed by atoms with Gasteiger partial charge in [-0.3, -0.25) is 9.69 Å². The Morgan fingerprint density at radius 1 is 1.08 bits per heavy atom. The number of ether oxygens (including phenoxy) is 1. The molecule has 0 saturated carbocycles. The van der Waals surface area contributed by atoms with Gasteiger partial charge in [0.1, 0.15) is 12.4 Å². The van der Waals surface area contributed by atoms with Gasteiger partial charge in [-0.1, -0.05) is 36.4 Å². The van der Waals surface area contributed by atoms with Gasteiger partial charge in [-0.05, 0) is 38.2 Å². The first-order valence-electron chi connectivity index (χ1n) is 8.75. The van der Waals surface area contributed by atoms with Crippen LogP contribution >= 0.6 is 0 Å². The second-order valence-electron chi connectivity index (χ2n) is 6.05. The first-order chi connectivity index (χ1) is 12.6. The number of hydrogen-bond acceptors (Lipinski definition) is 4. The van der Waals surface area contributed by atoms with Crippen molar-refractivity contribution in [2.24, 2.45) is 0 Å². The molecule has 2 aromatic rings. The van der Waals surface area contributed by atoms with Crippen molar-refractivity contribution in [1.29, 1.82) is 5.26 Å². The number of carbonyl (C=O) groups is 1. The third-order valence-corrected chi connectivity index (χ3v) is 4.26. The van der Waals surface area contributed by atoms with Crippen LogP contribution in [-0.4, -0.2) is 43.6 Å². The van der Waals surface area contributed by atoms with Crippen molar-refractivity contribution in [3.8, 4) is 11.8 Å². The maximum atomic E-state index is 13.0. The number of hydrogen-bond donors (Lipinski definition) is 0. The first-order valence-corrected chi connectivity index (χ1v) is 8.75. The summed E-state index contributed by atoms with van der Waals surface area (Å²) in [5.41, 5.74) is 0.813. The zero-order valence-electron chi connectivity index (χ0n) is 15.3. The van der Waals surface area contributed by atoms with Crippen LogP contribution in [0.3, 0.4) is 0 Å². The highest BCUT2D eigenvalue weighted by atomic mass is 16.5. The lowest BCUT2D eigenvalue weighted by molar-refractivity contribution is -0.122. The zero-order valence-corrected chi connectivity index (χ0v) is 15.3. The molecule has 1 amide bonds. The van der Waals surface area contributed by atoms with Crippen LogP contribution in [0.15, 0.2) is 60.7 Å². The van der Waals surface area contributed by atoms with E-state index in [2.05, 4.69) is 6.07 Å². The van der Waals surface area contributed by atoms with Gasteiger partial charge < -0.3 is 9.64 Å².